The summed E-state index contributed by atoms with van der Waals surface area (Å²) < 4.78 is 4.96. The van der Waals surface area contributed by atoms with E-state index >= 15 is 0 Å². The largest absolute Gasteiger partial charge is 0.481 e. The van der Waals surface area contributed by atoms with Gasteiger partial charge >= 0.3 is 5.97 Å². The number of ether oxygens (including phenoxy) is 1. The molecule has 0 aliphatic heterocycles. The van der Waals surface area contributed by atoms with Crippen molar-refractivity contribution < 1.29 is 14.6 Å². The van der Waals surface area contributed by atoms with E-state index in [9.17, 15) is 4.79 Å². The molecule has 94 valence electrons. The molecule has 0 aromatic carbocycles. The standard InChI is InChI=1S/C12H18N2O3/c1-3-10(13)9(6-12(15)16)8-4-5-11(17-2)14-7-8/h4-5,7,9-10H,3,6,13H2,1-2H3,(H,15,16). The van der Waals surface area contributed by atoms with E-state index in [2.05, 4.69) is 4.98 Å². The maximum Gasteiger partial charge on any atom is 0.304 e. The van der Waals surface area contributed by atoms with Crippen molar-refractivity contribution in [1.82, 2.24) is 4.98 Å². The average molecular weight is 238 g/mol. The van der Waals surface area contributed by atoms with Gasteiger partial charge in [0.2, 0.25) is 5.88 Å². The SMILES string of the molecule is CCC(N)C(CC(=O)O)c1ccc(OC)nc1. The summed E-state index contributed by atoms with van der Waals surface area (Å²) in [5.74, 6) is -0.557. The number of rotatable bonds is 6. The van der Waals surface area contributed by atoms with Gasteiger partial charge in [0.25, 0.3) is 0 Å². The first-order valence-corrected chi connectivity index (χ1v) is 5.55. The zero-order chi connectivity index (χ0) is 12.8. The van der Waals surface area contributed by atoms with Gasteiger partial charge in [0.05, 0.1) is 13.5 Å². The van der Waals surface area contributed by atoms with E-state index < -0.39 is 5.97 Å². The highest BCUT2D eigenvalue weighted by molar-refractivity contribution is 5.68. The smallest absolute Gasteiger partial charge is 0.304 e. The van der Waals surface area contributed by atoms with Crippen LogP contribution >= 0.6 is 0 Å². The van der Waals surface area contributed by atoms with E-state index in [0.29, 0.717) is 5.88 Å². The molecule has 0 saturated heterocycles. The van der Waals surface area contributed by atoms with Gasteiger partial charge in [0, 0.05) is 24.2 Å². The molecule has 17 heavy (non-hydrogen) atoms. The predicted octanol–water partition coefficient (Wildman–Crippen LogP) is 1.39. The van der Waals surface area contributed by atoms with Crippen molar-refractivity contribution in [2.24, 2.45) is 5.73 Å². The second kappa shape index (κ2) is 6.20. The van der Waals surface area contributed by atoms with Crippen molar-refractivity contribution in [2.75, 3.05) is 7.11 Å². The predicted molar refractivity (Wildman–Crippen MR) is 64.0 cm³/mol. The van der Waals surface area contributed by atoms with E-state index in [1.807, 2.05) is 13.0 Å². The van der Waals surface area contributed by atoms with E-state index in [-0.39, 0.29) is 18.4 Å². The van der Waals surface area contributed by atoms with Crippen LogP contribution in [-0.2, 0) is 4.79 Å². The van der Waals surface area contributed by atoms with Crippen molar-refractivity contribution in [2.45, 2.75) is 31.7 Å². The molecule has 5 heteroatoms. The summed E-state index contributed by atoms with van der Waals surface area (Å²) in [5.41, 5.74) is 6.78. The Morgan fingerprint density at radius 3 is 2.71 bits per heavy atom. The van der Waals surface area contributed by atoms with Crippen LogP contribution in [0.25, 0.3) is 0 Å². The molecule has 0 radical (unpaired) electrons. The van der Waals surface area contributed by atoms with Crippen molar-refractivity contribution in [3.63, 3.8) is 0 Å². The summed E-state index contributed by atoms with van der Waals surface area (Å²) >= 11 is 0. The number of carboxylic acid groups (broad SMARTS) is 1. The van der Waals surface area contributed by atoms with Crippen molar-refractivity contribution in [1.29, 1.82) is 0 Å². The van der Waals surface area contributed by atoms with Crippen LogP contribution in [0.2, 0.25) is 0 Å². The summed E-state index contributed by atoms with van der Waals surface area (Å²) in [4.78, 5) is 14.9. The second-order valence-corrected chi connectivity index (χ2v) is 3.91. The molecule has 0 aliphatic rings. The van der Waals surface area contributed by atoms with Crippen molar-refractivity contribution in [3.05, 3.63) is 23.9 Å². The third-order valence-corrected chi connectivity index (χ3v) is 2.78. The Balaban J connectivity index is 2.91. The number of carboxylic acids is 1. The van der Waals surface area contributed by atoms with E-state index in [1.54, 1.807) is 12.3 Å². The number of nitrogens with zero attached hydrogens (tertiary/aromatic N) is 1. The van der Waals surface area contributed by atoms with Gasteiger partial charge < -0.3 is 15.6 Å². The number of aliphatic carboxylic acids is 1. The first-order valence-electron chi connectivity index (χ1n) is 5.55. The summed E-state index contributed by atoms with van der Waals surface area (Å²) in [6.45, 7) is 1.94. The minimum Gasteiger partial charge on any atom is -0.481 e. The minimum atomic E-state index is -0.852. The first-order chi connectivity index (χ1) is 8.08. The Kier molecular flexibility index (Phi) is 4.90. The van der Waals surface area contributed by atoms with Gasteiger partial charge in [-0.15, -0.1) is 0 Å². The number of nitrogens with two attached hydrogens (primary N) is 1. The topological polar surface area (TPSA) is 85.4 Å². The number of carbonyl (C=O) groups is 1. The minimum absolute atomic E-state index is 0.0169. The highest BCUT2D eigenvalue weighted by Gasteiger charge is 2.21. The molecule has 0 bridgehead atoms. The zero-order valence-corrected chi connectivity index (χ0v) is 10.1. The molecular weight excluding hydrogens is 220 g/mol. The maximum absolute atomic E-state index is 10.8. The molecule has 2 unspecified atom stereocenters. The number of pyridine rings is 1. The molecule has 1 aromatic heterocycles. The number of hydrogen-bond acceptors (Lipinski definition) is 4. The Morgan fingerprint density at radius 2 is 2.29 bits per heavy atom. The third-order valence-electron chi connectivity index (χ3n) is 2.78. The molecular formula is C12H18N2O3. The van der Waals surface area contributed by atoms with Crippen LogP contribution in [-0.4, -0.2) is 29.2 Å². The molecule has 2 atom stereocenters. The van der Waals surface area contributed by atoms with Gasteiger partial charge in [-0.2, -0.15) is 0 Å². The van der Waals surface area contributed by atoms with E-state index in [1.165, 1.54) is 7.11 Å². The van der Waals surface area contributed by atoms with Gasteiger partial charge in [0.15, 0.2) is 0 Å². The zero-order valence-electron chi connectivity index (χ0n) is 10.1. The molecule has 0 amide bonds. The fourth-order valence-corrected chi connectivity index (χ4v) is 1.72. The lowest BCUT2D eigenvalue weighted by Gasteiger charge is -2.21. The fourth-order valence-electron chi connectivity index (χ4n) is 1.72. The molecule has 0 spiro atoms. The van der Waals surface area contributed by atoms with E-state index in [0.717, 1.165) is 12.0 Å². The molecule has 0 fully saturated rings. The molecule has 1 heterocycles. The van der Waals surface area contributed by atoms with Gasteiger partial charge in [-0.05, 0) is 12.0 Å². The molecule has 1 rings (SSSR count). The highest BCUT2D eigenvalue weighted by Crippen LogP contribution is 2.24. The number of aromatic nitrogens is 1. The summed E-state index contributed by atoms with van der Waals surface area (Å²) in [6, 6.07) is 3.35. The monoisotopic (exact) mass is 238 g/mol. The van der Waals surface area contributed by atoms with Crippen LogP contribution in [0.1, 0.15) is 31.2 Å². The fraction of sp³-hybridized carbons (Fsp3) is 0.500. The Bertz CT molecular complexity index is 365. The van der Waals surface area contributed by atoms with Crippen LogP contribution in [0.3, 0.4) is 0 Å². The lowest BCUT2D eigenvalue weighted by molar-refractivity contribution is -0.137. The number of methoxy groups -OCH3 is 1. The average Bonchev–Trinajstić information content (AvgIpc) is 2.35. The normalized spacial score (nSPS) is 14.1. The lowest BCUT2D eigenvalue weighted by Crippen LogP contribution is -2.29. The van der Waals surface area contributed by atoms with Gasteiger partial charge in [-0.1, -0.05) is 13.0 Å². The van der Waals surface area contributed by atoms with Crippen molar-refractivity contribution >= 4 is 5.97 Å². The Hall–Kier alpha value is -1.62. The van der Waals surface area contributed by atoms with Crippen LogP contribution in [0.4, 0.5) is 0 Å². The van der Waals surface area contributed by atoms with Crippen LogP contribution < -0.4 is 10.5 Å². The van der Waals surface area contributed by atoms with Crippen LogP contribution in [0.15, 0.2) is 18.3 Å². The van der Waals surface area contributed by atoms with Gasteiger partial charge in [-0.25, -0.2) is 4.98 Å². The Morgan fingerprint density at radius 1 is 1.59 bits per heavy atom. The van der Waals surface area contributed by atoms with Crippen molar-refractivity contribution in [3.8, 4) is 5.88 Å². The maximum atomic E-state index is 10.8. The molecule has 0 saturated carbocycles. The van der Waals surface area contributed by atoms with Gasteiger partial charge in [-0.3, -0.25) is 4.79 Å². The summed E-state index contributed by atoms with van der Waals surface area (Å²) in [5, 5.41) is 8.89. The number of hydrogen-bond donors (Lipinski definition) is 2. The van der Waals surface area contributed by atoms with Gasteiger partial charge in [0.1, 0.15) is 0 Å². The second-order valence-electron chi connectivity index (χ2n) is 3.91. The molecule has 1 aromatic rings. The van der Waals surface area contributed by atoms with Crippen LogP contribution in [0, 0.1) is 0 Å². The highest BCUT2D eigenvalue weighted by atomic mass is 16.5. The quantitative estimate of drug-likeness (QED) is 0.782. The van der Waals surface area contributed by atoms with Crippen LogP contribution in [0.5, 0.6) is 5.88 Å². The first kappa shape index (κ1) is 13.4. The Labute approximate surface area is 101 Å². The molecule has 5 nitrogen and oxygen atoms in total. The van der Waals surface area contributed by atoms with E-state index in [4.69, 9.17) is 15.6 Å². The molecule has 0 aliphatic carbocycles. The summed E-state index contributed by atoms with van der Waals surface area (Å²) in [7, 11) is 1.54. The third kappa shape index (κ3) is 3.71. The molecule has 3 N–H and O–H groups in total. The lowest BCUT2D eigenvalue weighted by atomic mass is 9.89. The summed E-state index contributed by atoms with van der Waals surface area (Å²) in [6.07, 6.45) is 2.37.